The van der Waals surface area contributed by atoms with E-state index in [1.165, 1.54) is 38.1 Å². The van der Waals surface area contributed by atoms with E-state index in [1.54, 1.807) is 0 Å². The molecule has 1 heterocycles. The number of nitro groups is 1. The summed E-state index contributed by atoms with van der Waals surface area (Å²) in [7, 11) is 0. The SMILES string of the molecule is CC(=O)O[C@H]1O[C@H](Oc2ccc([N+](=O)[O-])cc2)CC[C@@H]1OC(C)=O. The molecule has 0 amide bonds. The molecular formula is C15H17NO8. The van der Waals surface area contributed by atoms with Crippen LogP contribution in [-0.4, -0.2) is 35.5 Å². The van der Waals surface area contributed by atoms with Gasteiger partial charge in [0.25, 0.3) is 5.69 Å². The van der Waals surface area contributed by atoms with E-state index in [4.69, 9.17) is 18.9 Å². The third-order valence-electron chi connectivity index (χ3n) is 3.19. The molecule has 0 spiro atoms. The highest BCUT2D eigenvalue weighted by Gasteiger charge is 2.36. The average molecular weight is 339 g/mol. The van der Waals surface area contributed by atoms with E-state index < -0.39 is 35.5 Å². The van der Waals surface area contributed by atoms with Crippen molar-refractivity contribution in [3.8, 4) is 5.75 Å². The number of benzene rings is 1. The first-order valence-electron chi connectivity index (χ1n) is 7.26. The largest absolute Gasteiger partial charge is 0.465 e. The quantitative estimate of drug-likeness (QED) is 0.454. The molecule has 0 aliphatic carbocycles. The lowest BCUT2D eigenvalue weighted by Gasteiger charge is -2.34. The Kier molecular flexibility index (Phi) is 5.69. The summed E-state index contributed by atoms with van der Waals surface area (Å²) in [5, 5.41) is 10.6. The lowest BCUT2D eigenvalue weighted by Crippen LogP contribution is -2.45. The molecule has 0 radical (unpaired) electrons. The molecule has 1 aromatic carbocycles. The van der Waals surface area contributed by atoms with Gasteiger partial charge in [-0.15, -0.1) is 0 Å². The molecule has 1 aliphatic rings. The van der Waals surface area contributed by atoms with E-state index in [9.17, 15) is 19.7 Å². The van der Waals surface area contributed by atoms with Crippen LogP contribution in [0.4, 0.5) is 5.69 Å². The maximum Gasteiger partial charge on any atom is 0.305 e. The molecule has 130 valence electrons. The summed E-state index contributed by atoms with van der Waals surface area (Å²) in [4.78, 5) is 32.4. The standard InChI is InChI=1S/C15H17NO8/c1-9(17)21-13-7-8-14(24-15(13)22-10(2)18)23-12-5-3-11(4-6-12)16(19)20/h3-6,13-15H,7-8H2,1-2H3/t13-,14-,15-/m0/s1. The number of rotatable bonds is 5. The predicted molar refractivity (Wildman–Crippen MR) is 78.9 cm³/mol. The van der Waals surface area contributed by atoms with Crippen LogP contribution in [0.1, 0.15) is 26.7 Å². The zero-order valence-electron chi connectivity index (χ0n) is 13.2. The summed E-state index contributed by atoms with van der Waals surface area (Å²) in [5.74, 6) is -0.707. The summed E-state index contributed by atoms with van der Waals surface area (Å²) in [6.45, 7) is 2.47. The molecule has 0 unspecified atom stereocenters. The van der Waals surface area contributed by atoms with Crippen LogP contribution in [0.25, 0.3) is 0 Å². The first-order valence-corrected chi connectivity index (χ1v) is 7.26. The highest BCUT2D eigenvalue weighted by atomic mass is 16.8. The van der Waals surface area contributed by atoms with Crippen molar-refractivity contribution in [2.45, 2.75) is 45.4 Å². The van der Waals surface area contributed by atoms with Gasteiger partial charge in [-0.1, -0.05) is 0 Å². The van der Waals surface area contributed by atoms with Crippen LogP contribution in [-0.2, 0) is 23.8 Å². The van der Waals surface area contributed by atoms with E-state index in [-0.39, 0.29) is 5.69 Å². The fraction of sp³-hybridized carbons (Fsp3) is 0.467. The third kappa shape index (κ3) is 4.92. The number of non-ortho nitro benzene ring substituents is 1. The van der Waals surface area contributed by atoms with E-state index in [0.29, 0.717) is 18.6 Å². The van der Waals surface area contributed by atoms with Crippen LogP contribution in [0.15, 0.2) is 24.3 Å². The van der Waals surface area contributed by atoms with Crippen LogP contribution in [0.5, 0.6) is 5.75 Å². The normalized spacial score (nSPS) is 23.2. The van der Waals surface area contributed by atoms with Crippen molar-refractivity contribution in [1.29, 1.82) is 0 Å². The molecule has 1 aliphatic heterocycles. The van der Waals surface area contributed by atoms with E-state index in [1.807, 2.05) is 0 Å². The molecule has 3 atom stereocenters. The number of ether oxygens (including phenoxy) is 4. The fourth-order valence-electron chi connectivity index (χ4n) is 2.22. The first-order chi connectivity index (χ1) is 11.3. The maximum atomic E-state index is 11.2. The van der Waals surface area contributed by atoms with Gasteiger partial charge < -0.3 is 14.2 Å². The molecular weight excluding hydrogens is 322 g/mol. The Labute approximate surface area is 137 Å². The van der Waals surface area contributed by atoms with Crippen LogP contribution >= 0.6 is 0 Å². The summed E-state index contributed by atoms with van der Waals surface area (Å²) >= 11 is 0. The zero-order valence-corrected chi connectivity index (χ0v) is 13.2. The molecule has 0 saturated carbocycles. The van der Waals surface area contributed by atoms with Crippen LogP contribution in [0.2, 0.25) is 0 Å². The minimum absolute atomic E-state index is 0.0559. The smallest absolute Gasteiger partial charge is 0.305 e. The fourth-order valence-corrected chi connectivity index (χ4v) is 2.22. The second-order valence-corrected chi connectivity index (χ2v) is 5.14. The van der Waals surface area contributed by atoms with Crippen molar-refractivity contribution in [3.05, 3.63) is 34.4 Å². The zero-order chi connectivity index (χ0) is 17.7. The predicted octanol–water partition coefficient (Wildman–Crippen LogP) is 1.93. The molecule has 24 heavy (non-hydrogen) atoms. The second kappa shape index (κ2) is 7.73. The van der Waals surface area contributed by atoms with Gasteiger partial charge in [-0.25, -0.2) is 0 Å². The minimum Gasteiger partial charge on any atom is -0.465 e. The van der Waals surface area contributed by atoms with Crippen molar-refractivity contribution in [1.82, 2.24) is 0 Å². The molecule has 1 saturated heterocycles. The van der Waals surface area contributed by atoms with Gasteiger partial charge in [0.05, 0.1) is 4.92 Å². The van der Waals surface area contributed by atoms with Crippen molar-refractivity contribution in [2.24, 2.45) is 0 Å². The van der Waals surface area contributed by atoms with Crippen molar-refractivity contribution >= 4 is 17.6 Å². The van der Waals surface area contributed by atoms with Gasteiger partial charge in [0.15, 0.2) is 6.10 Å². The Morgan fingerprint density at radius 2 is 1.75 bits per heavy atom. The highest BCUT2D eigenvalue weighted by Crippen LogP contribution is 2.27. The van der Waals surface area contributed by atoms with Crippen molar-refractivity contribution in [2.75, 3.05) is 0 Å². The first kappa shape index (κ1) is 17.7. The van der Waals surface area contributed by atoms with Gasteiger partial charge in [0.2, 0.25) is 12.6 Å². The van der Waals surface area contributed by atoms with Gasteiger partial charge in [0, 0.05) is 32.4 Å². The topological polar surface area (TPSA) is 114 Å². The summed E-state index contributed by atoms with van der Waals surface area (Å²) in [6.07, 6.45) is -1.73. The monoisotopic (exact) mass is 339 g/mol. The average Bonchev–Trinajstić information content (AvgIpc) is 2.49. The van der Waals surface area contributed by atoms with E-state index in [0.717, 1.165) is 0 Å². The Morgan fingerprint density at radius 1 is 1.12 bits per heavy atom. The number of hydrogen-bond donors (Lipinski definition) is 0. The van der Waals surface area contributed by atoms with E-state index >= 15 is 0 Å². The Balaban J connectivity index is 2.00. The molecule has 1 fully saturated rings. The Bertz CT molecular complexity index is 614. The maximum absolute atomic E-state index is 11.2. The number of hydrogen-bond acceptors (Lipinski definition) is 8. The molecule has 9 heteroatoms. The lowest BCUT2D eigenvalue weighted by atomic mass is 10.1. The van der Waals surface area contributed by atoms with Gasteiger partial charge in [-0.3, -0.25) is 24.4 Å². The number of nitrogens with zero attached hydrogens (tertiary/aromatic N) is 1. The van der Waals surface area contributed by atoms with E-state index in [2.05, 4.69) is 0 Å². The van der Waals surface area contributed by atoms with Gasteiger partial charge in [0.1, 0.15) is 5.75 Å². The van der Waals surface area contributed by atoms with Gasteiger partial charge in [-0.05, 0) is 18.6 Å². The molecule has 0 N–H and O–H groups in total. The molecule has 1 aromatic rings. The lowest BCUT2D eigenvalue weighted by molar-refractivity contribution is -0.384. The van der Waals surface area contributed by atoms with Gasteiger partial charge in [-0.2, -0.15) is 0 Å². The third-order valence-corrected chi connectivity index (χ3v) is 3.19. The number of carbonyl (C=O) groups is 2. The summed E-state index contributed by atoms with van der Waals surface area (Å²) < 4.78 is 21.2. The number of esters is 2. The Hall–Kier alpha value is -2.68. The van der Waals surface area contributed by atoms with Crippen molar-refractivity contribution < 1.29 is 33.5 Å². The van der Waals surface area contributed by atoms with Crippen LogP contribution in [0.3, 0.4) is 0 Å². The summed E-state index contributed by atoms with van der Waals surface area (Å²) in [6, 6.07) is 5.51. The molecule has 0 aromatic heterocycles. The summed E-state index contributed by atoms with van der Waals surface area (Å²) in [5.41, 5.74) is -0.0559. The molecule has 9 nitrogen and oxygen atoms in total. The van der Waals surface area contributed by atoms with Crippen LogP contribution < -0.4 is 4.74 Å². The second-order valence-electron chi connectivity index (χ2n) is 5.14. The number of nitro benzene ring substituents is 1. The Morgan fingerprint density at radius 3 is 2.29 bits per heavy atom. The minimum atomic E-state index is -1.07. The molecule has 0 bridgehead atoms. The van der Waals surface area contributed by atoms with Crippen molar-refractivity contribution in [3.63, 3.8) is 0 Å². The van der Waals surface area contributed by atoms with Gasteiger partial charge >= 0.3 is 11.9 Å². The highest BCUT2D eigenvalue weighted by molar-refractivity contribution is 5.67. The molecule has 2 rings (SSSR count). The number of carbonyl (C=O) groups excluding carboxylic acids is 2. The van der Waals surface area contributed by atoms with Crippen LogP contribution in [0, 0.1) is 10.1 Å².